The van der Waals surface area contributed by atoms with Crippen molar-refractivity contribution in [2.75, 3.05) is 19.7 Å². The van der Waals surface area contributed by atoms with E-state index in [0.717, 1.165) is 37.1 Å². The number of benzene rings is 1. The summed E-state index contributed by atoms with van der Waals surface area (Å²) in [4.78, 5) is 22.7. The van der Waals surface area contributed by atoms with E-state index in [0.29, 0.717) is 18.5 Å². The van der Waals surface area contributed by atoms with Gasteiger partial charge in [-0.25, -0.2) is 9.97 Å². The number of carbonyl (C=O) groups excluding carboxylic acids is 1. The van der Waals surface area contributed by atoms with Crippen molar-refractivity contribution in [2.24, 2.45) is 5.92 Å². The first kappa shape index (κ1) is 15.5. The predicted molar refractivity (Wildman–Crippen MR) is 87.3 cm³/mol. The highest BCUT2D eigenvalue weighted by Crippen LogP contribution is 2.19. The Labute approximate surface area is 136 Å². The van der Waals surface area contributed by atoms with Gasteiger partial charge in [0.1, 0.15) is 0 Å². The summed E-state index contributed by atoms with van der Waals surface area (Å²) in [6, 6.07) is 9.92. The summed E-state index contributed by atoms with van der Waals surface area (Å²) in [6.45, 7) is 4.08. The first-order chi connectivity index (χ1) is 11.2. The minimum atomic E-state index is 0.106. The molecule has 23 heavy (non-hydrogen) atoms. The van der Waals surface area contributed by atoms with Crippen LogP contribution in [0.4, 0.5) is 0 Å². The van der Waals surface area contributed by atoms with Crippen LogP contribution in [0.25, 0.3) is 0 Å². The fourth-order valence-corrected chi connectivity index (χ4v) is 2.90. The van der Waals surface area contributed by atoms with E-state index >= 15 is 0 Å². The lowest BCUT2D eigenvalue weighted by Gasteiger charge is -2.32. The molecule has 1 atom stereocenters. The molecule has 1 amide bonds. The lowest BCUT2D eigenvalue weighted by atomic mass is 9.98. The lowest BCUT2D eigenvalue weighted by Crippen LogP contribution is -2.41. The third kappa shape index (κ3) is 4.06. The summed E-state index contributed by atoms with van der Waals surface area (Å²) < 4.78 is 5.64. The van der Waals surface area contributed by atoms with Gasteiger partial charge in [-0.15, -0.1) is 0 Å². The van der Waals surface area contributed by atoms with Gasteiger partial charge >= 0.3 is 6.01 Å². The first-order valence-electron chi connectivity index (χ1n) is 7.98. The molecule has 1 aliphatic heterocycles. The van der Waals surface area contributed by atoms with Crippen LogP contribution in [0.15, 0.2) is 42.7 Å². The monoisotopic (exact) mass is 311 g/mol. The molecule has 5 nitrogen and oxygen atoms in total. The summed E-state index contributed by atoms with van der Waals surface area (Å²) in [5.41, 5.74) is 1.87. The minimum absolute atomic E-state index is 0.106. The highest BCUT2D eigenvalue weighted by atomic mass is 16.5. The number of ether oxygens (including phenoxy) is 1. The van der Waals surface area contributed by atoms with Gasteiger partial charge < -0.3 is 9.64 Å². The van der Waals surface area contributed by atoms with Crippen molar-refractivity contribution < 1.29 is 9.53 Å². The largest absolute Gasteiger partial charge is 0.463 e. The second-order valence-electron chi connectivity index (χ2n) is 5.97. The normalized spacial score (nSPS) is 17.8. The Bertz CT molecular complexity index is 660. The molecule has 1 unspecified atom stereocenters. The topological polar surface area (TPSA) is 55.3 Å². The number of carbonyl (C=O) groups is 1. The van der Waals surface area contributed by atoms with E-state index in [1.807, 2.05) is 36.1 Å². The molecular weight excluding hydrogens is 290 g/mol. The van der Waals surface area contributed by atoms with Crippen LogP contribution in [-0.2, 0) is 0 Å². The fraction of sp³-hybridized carbons (Fsp3) is 0.389. The molecular formula is C18H21N3O2. The Kier molecular flexibility index (Phi) is 4.86. The van der Waals surface area contributed by atoms with Crippen molar-refractivity contribution in [3.05, 3.63) is 53.9 Å². The number of hydrogen-bond donors (Lipinski definition) is 0. The van der Waals surface area contributed by atoms with Gasteiger partial charge in [0, 0.05) is 37.0 Å². The highest BCUT2D eigenvalue weighted by molar-refractivity contribution is 5.94. The van der Waals surface area contributed by atoms with E-state index in [-0.39, 0.29) is 5.91 Å². The van der Waals surface area contributed by atoms with E-state index in [1.165, 1.54) is 0 Å². The SMILES string of the molecule is Cc1cccc(C(=O)N2CCCC(COc3ncccn3)C2)c1. The number of amides is 1. The van der Waals surface area contributed by atoms with Gasteiger partial charge in [-0.1, -0.05) is 17.7 Å². The smallest absolute Gasteiger partial charge is 0.316 e. The van der Waals surface area contributed by atoms with Crippen LogP contribution in [0.3, 0.4) is 0 Å². The quantitative estimate of drug-likeness (QED) is 0.871. The highest BCUT2D eigenvalue weighted by Gasteiger charge is 2.25. The number of rotatable bonds is 4. The van der Waals surface area contributed by atoms with Crippen LogP contribution in [0.2, 0.25) is 0 Å². The summed E-state index contributed by atoms with van der Waals surface area (Å²) in [5.74, 6) is 0.427. The molecule has 0 bridgehead atoms. The van der Waals surface area contributed by atoms with Gasteiger partial charge in [-0.3, -0.25) is 4.79 Å². The maximum absolute atomic E-state index is 12.6. The minimum Gasteiger partial charge on any atom is -0.463 e. The second kappa shape index (κ2) is 7.22. The van der Waals surface area contributed by atoms with E-state index in [4.69, 9.17) is 4.74 Å². The van der Waals surface area contributed by atoms with Gasteiger partial charge in [0.05, 0.1) is 6.61 Å². The van der Waals surface area contributed by atoms with Gasteiger partial charge in [-0.05, 0) is 38.0 Å². The molecule has 1 saturated heterocycles. The molecule has 0 saturated carbocycles. The van der Waals surface area contributed by atoms with Crippen molar-refractivity contribution >= 4 is 5.91 Å². The lowest BCUT2D eigenvalue weighted by molar-refractivity contribution is 0.0628. The Morgan fingerprint density at radius 1 is 1.30 bits per heavy atom. The van der Waals surface area contributed by atoms with Crippen LogP contribution < -0.4 is 4.74 Å². The third-order valence-electron chi connectivity index (χ3n) is 4.06. The molecule has 0 N–H and O–H groups in total. The second-order valence-corrected chi connectivity index (χ2v) is 5.97. The molecule has 1 fully saturated rings. The van der Waals surface area contributed by atoms with E-state index in [9.17, 15) is 4.79 Å². The molecule has 1 aromatic heterocycles. The molecule has 1 aromatic carbocycles. The number of hydrogen-bond acceptors (Lipinski definition) is 4. The van der Waals surface area contributed by atoms with E-state index < -0.39 is 0 Å². The summed E-state index contributed by atoms with van der Waals surface area (Å²) in [7, 11) is 0. The maximum Gasteiger partial charge on any atom is 0.316 e. The van der Waals surface area contributed by atoms with Crippen LogP contribution >= 0.6 is 0 Å². The van der Waals surface area contributed by atoms with Gasteiger partial charge in [0.15, 0.2) is 0 Å². The van der Waals surface area contributed by atoms with Crippen molar-refractivity contribution in [3.63, 3.8) is 0 Å². The number of nitrogens with zero attached hydrogens (tertiary/aromatic N) is 3. The van der Waals surface area contributed by atoms with Crippen molar-refractivity contribution in [3.8, 4) is 6.01 Å². The zero-order valence-corrected chi connectivity index (χ0v) is 13.3. The van der Waals surface area contributed by atoms with Gasteiger partial charge in [0.2, 0.25) is 0 Å². The Hall–Kier alpha value is -2.43. The fourth-order valence-electron chi connectivity index (χ4n) is 2.90. The first-order valence-corrected chi connectivity index (χ1v) is 7.98. The molecule has 2 aromatic rings. The van der Waals surface area contributed by atoms with Crippen molar-refractivity contribution in [1.82, 2.24) is 14.9 Å². The van der Waals surface area contributed by atoms with Crippen molar-refractivity contribution in [1.29, 1.82) is 0 Å². The molecule has 0 spiro atoms. The van der Waals surface area contributed by atoms with E-state index in [2.05, 4.69) is 9.97 Å². The zero-order chi connectivity index (χ0) is 16.1. The number of aromatic nitrogens is 2. The molecule has 3 rings (SSSR count). The van der Waals surface area contributed by atoms with E-state index in [1.54, 1.807) is 18.5 Å². The van der Waals surface area contributed by atoms with Crippen molar-refractivity contribution in [2.45, 2.75) is 19.8 Å². The molecule has 1 aliphatic rings. The molecule has 5 heteroatoms. The predicted octanol–water partition coefficient (Wildman–Crippen LogP) is 2.72. The van der Waals surface area contributed by atoms with Crippen LogP contribution in [0.5, 0.6) is 6.01 Å². The Morgan fingerprint density at radius 3 is 2.91 bits per heavy atom. The zero-order valence-electron chi connectivity index (χ0n) is 13.3. The number of aryl methyl sites for hydroxylation is 1. The van der Waals surface area contributed by atoms with Gasteiger partial charge in [0.25, 0.3) is 5.91 Å². The number of likely N-dealkylation sites (tertiary alicyclic amines) is 1. The molecule has 120 valence electrons. The number of piperidine rings is 1. The van der Waals surface area contributed by atoms with Crippen LogP contribution in [0.1, 0.15) is 28.8 Å². The average molecular weight is 311 g/mol. The Morgan fingerprint density at radius 2 is 2.13 bits per heavy atom. The molecule has 0 radical (unpaired) electrons. The average Bonchev–Trinajstić information content (AvgIpc) is 2.60. The summed E-state index contributed by atoms with van der Waals surface area (Å²) in [5, 5.41) is 0. The van der Waals surface area contributed by atoms with Gasteiger partial charge in [-0.2, -0.15) is 0 Å². The third-order valence-corrected chi connectivity index (χ3v) is 4.06. The van der Waals surface area contributed by atoms with Crippen LogP contribution in [-0.4, -0.2) is 40.5 Å². The summed E-state index contributed by atoms with van der Waals surface area (Å²) in [6.07, 6.45) is 5.39. The standard InChI is InChI=1S/C18H21N3O2/c1-14-5-2-7-16(11-14)17(22)21-10-3-6-15(12-21)13-23-18-19-8-4-9-20-18/h2,4-5,7-9,11,15H,3,6,10,12-13H2,1H3. The summed E-state index contributed by atoms with van der Waals surface area (Å²) >= 11 is 0. The molecule has 2 heterocycles. The van der Waals surface area contributed by atoms with Crippen LogP contribution in [0, 0.1) is 12.8 Å². The Balaban J connectivity index is 1.58. The maximum atomic E-state index is 12.6. The molecule has 0 aliphatic carbocycles.